The summed E-state index contributed by atoms with van der Waals surface area (Å²) in [4.78, 5) is 17.1. The Hall–Kier alpha value is -3.02. The number of carbonyl (C=O) groups is 1. The number of benzene rings is 2. The zero-order valence-electron chi connectivity index (χ0n) is 16.2. The van der Waals surface area contributed by atoms with Crippen molar-refractivity contribution in [3.05, 3.63) is 53.6 Å². The van der Waals surface area contributed by atoms with Gasteiger partial charge in [0.05, 0.1) is 19.9 Å². The minimum atomic E-state index is -0.266. The summed E-state index contributed by atoms with van der Waals surface area (Å²) in [5, 5.41) is 6.64. The van der Waals surface area contributed by atoms with Crippen molar-refractivity contribution in [1.82, 2.24) is 0 Å². The second kappa shape index (κ2) is 10.2. The Morgan fingerprint density at radius 2 is 2.00 bits per heavy atom. The van der Waals surface area contributed by atoms with Gasteiger partial charge in [-0.25, -0.2) is 0 Å². The molecule has 2 rings (SSSR count). The fraction of sp³-hybridized carbons (Fsp3) is 0.333. The number of nitrogens with zero attached hydrogens (tertiary/aromatic N) is 1. The fourth-order valence-corrected chi connectivity index (χ4v) is 2.41. The van der Waals surface area contributed by atoms with Crippen molar-refractivity contribution in [3.63, 3.8) is 0 Å². The maximum atomic E-state index is 12.0. The highest BCUT2D eigenvalue weighted by Crippen LogP contribution is 2.27. The van der Waals surface area contributed by atoms with E-state index < -0.39 is 0 Å². The minimum absolute atomic E-state index is 0.170. The summed E-state index contributed by atoms with van der Waals surface area (Å²) in [7, 11) is 1.58. The average Bonchev–Trinajstić information content (AvgIpc) is 2.66. The van der Waals surface area contributed by atoms with E-state index in [2.05, 4.69) is 24.3 Å². The van der Waals surface area contributed by atoms with E-state index in [0.29, 0.717) is 24.0 Å². The smallest absolute Gasteiger partial charge is 0.265 e. The molecule has 0 aliphatic carbocycles. The van der Waals surface area contributed by atoms with E-state index in [4.69, 9.17) is 14.3 Å². The van der Waals surface area contributed by atoms with Crippen LogP contribution >= 0.6 is 0 Å². The van der Waals surface area contributed by atoms with Crippen LogP contribution in [0.3, 0.4) is 0 Å². The first-order valence-corrected chi connectivity index (χ1v) is 8.89. The van der Waals surface area contributed by atoms with Gasteiger partial charge in [0, 0.05) is 11.3 Å². The van der Waals surface area contributed by atoms with Crippen LogP contribution in [0.1, 0.15) is 37.8 Å². The predicted octanol–water partition coefficient (Wildman–Crippen LogP) is 4.21. The topological polar surface area (TPSA) is 69.2 Å². The standard InChI is InChI=1S/C21H26N2O4/c1-5-26-19-10-9-16(11-20(19)25-4)13-22-27-14-21(24)23-18-8-6-7-17(12-18)15(2)3/h6-13,15H,5,14H2,1-4H3,(H,23,24)/b22-13+. The number of nitrogens with one attached hydrogen (secondary N) is 1. The molecule has 2 aromatic rings. The number of amides is 1. The summed E-state index contributed by atoms with van der Waals surface area (Å²) in [6, 6.07) is 13.2. The first-order valence-electron chi connectivity index (χ1n) is 8.89. The quantitative estimate of drug-likeness (QED) is 0.530. The number of rotatable bonds is 9. The molecule has 1 N–H and O–H groups in total. The van der Waals surface area contributed by atoms with Crippen LogP contribution in [0.4, 0.5) is 5.69 Å². The number of anilines is 1. The zero-order chi connectivity index (χ0) is 19.6. The third-order valence-electron chi connectivity index (χ3n) is 3.80. The molecule has 0 spiro atoms. The van der Waals surface area contributed by atoms with Crippen LogP contribution in [0.25, 0.3) is 0 Å². The molecule has 0 aliphatic rings. The van der Waals surface area contributed by atoms with Gasteiger partial charge in [0.1, 0.15) is 0 Å². The Labute approximate surface area is 160 Å². The summed E-state index contributed by atoms with van der Waals surface area (Å²) in [5.74, 6) is 1.41. The van der Waals surface area contributed by atoms with Gasteiger partial charge in [-0.2, -0.15) is 0 Å². The van der Waals surface area contributed by atoms with Crippen LogP contribution in [0.2, 0.25) is 0 Å². The summed E-state index contributed by atoms with van der Waals surface area (Å²) >= 11 is 0. The first-order chi connectivity index (χ1) is 13.0. The lowest BCUT2D eigenvalue weighted by Gasteiger charge is -2.09. The average molecular weight is 370 g/mol. The van der Waals surface area contributed by atoms with E-state index in [1.165, 1.54) is 6.21 Å². The third-order valence-corrected chi connectivity index (χ3v) is 3.80. The lowest BCUT2D eigenvalue weighted by atomic mass is 10.0. The van der Waals surface area contributed by atoms with E-state index in [1.54, 1.807) is 19.2 Å². The van der Waals surface area contributed by atoms with Gasteiger partial charge in [0.25, 0.3) is 5.91 Å². The second-order valence-electron chi connectivity index (χ2n) is 6.18. The Morgan fingerprint density at radius 1 is 1.19 bits per heavy atom. The summed E-state index contributed by atoms with van der Waals surface area (Å²) in [6.45, 7) is 6.51. The fourth-order valence-electron chi connectivity index (χ4n) is 2.41. The molecule has 27 heavy (non-hydrogen) atoms. The molecule has 6 nitrogen and oxygen atoms in total. The van der Waals surface area contributed by atoms with E-state index in [9.17, 15) is 4.79 Å². The number of oxime groups is 1. The van der Waals surface area contributed by atoms with Crippen LogP contribution in [0.15, 0.2) is 47.6 Å². The van der Waals surface area contributed by atoms with Crippen molar-refractivity contribution in [1.29, 1.82) is 0 Å². The highest BCUT2D eigenvalue weighted by molar-refractivity contribution is 5.91. The molecule has 0 saturated carbocycles. The van der Waals surface area contributed by atoms with E-state index in [0.717, 1.165) is 16.8 Å². The van der Waals surface area contributed by atoms with Gasteiger partial charge in [-0.3, -0.25) is 4.79 Å². The molecule has 6 heteroatoms. The monoisotopic (exact) mass is 370 g/mol. The van der Waals surface area contributed by atoms with Crippen molar-refractivity contribution in [3.8, 4) is 11.5 Å². The van der Waals surface area contributed by atoms with Crippen molar-refractivity contribution >= 4 is 17.8 Å². The lowest BCUT2D eigenvalue weighted by Crippen LogP contribution is -2.17. The number of carbonyl (C=O) groups excluding carboxylic acids is 1. The van der Waals surface area contributed by atoms with E-state index in [-0.39, 0.29) is 12.5 Å². The third kappa shape index (κ3) is 6.33. The van der Waals surface area contributed by atoms with Crippen molar-refractivity contribution in [2.45, 2.75) is 26.7 Å². The van der Waals surface area contributed by atoms with Gasteiger partial charge in [-0.15, -0.1) is 0 Å². The number of hydrogen-bond acceptors (Lipinski definition) is 5. The van der Waals surface area contributed by atoms with Crippen molar-refractivity contribution in [2.24, 2.45) is 5.16 Å². The maximum Gasteiger partial charge on any atom is 0.265 e. The Balaban J connectivity index is 1.86. The minimum Gasteiger partial charge on any atom is -0.493 e. The molecule has 144 valence electrons. The van der Waals surface area contributed by atoms with Crippen LogP contribution in [0, 0.1) is 0 Å². The first kappa shape index (κ1) is 20.3. The Kier molecular flexibility index (Phi) is 7.67. The molecule has 0 radical (unpaired) electrons. The molecule has 0 aliphatic heterocycles. The number of methoxy groups -OCH3 is 1. The second-order valence-corrected chi connectivity index (χ2v) is 6.18. The van der Waals surface area contributed by atoms with Crippen molar-refractivity contribution in [2.75, 3.05) is 25.6 Å². The molecular formula is C21H26N2O4. The SMILES string of the molecule is CCOc1ccc(/C=N/OCC(=O)Nc2cccc(C(C)C)c2)cc1OC. The number of ether oxygens (including phenoxy) is 2. The van der Waals surface area contributed by atoms with Gasteiger partial charge in [0.15, 0.2) is 18.1 Å². The van der Waals surface area contributed by atoms with Crippen LogP contribution in [-0.2, 0) is 9.63 Å². The molecule has 0 heterocycles. The Morgan fingerprint density at radius 3 is 2.70 bits per heavy atom. The molecule has 2 aromatic carbocycles. The van der Waals surface area contributed by atoms with Crippen LogP contribution in [0.5, 0.6) is 11.5 Å². The van der Waals surface area contributed by atoms with Gasteiger partial charge in [0.2, 0.25) is 0 Å². The Bertz CT molecular complexity index is 788. The van der Waals surface area contributed by atoms with Crippen LogP contribution in [-0.4, -0.2) is 32.4 Å². The summed E-state index contributed by atoms with van der Waals surface area (Å²) < 4.78 is 10.8. The van der Waals surface area contributed by atoms with Gasteiger partial charge >= 0.3 is 0 Å². The molecule has 0 fully saturated rings. The highest BCUT2D eigenvalue weighted by Gasteiger charge is 2.06. The van der Waals surface area contributed by atoms with E-state index in [1.807, 2.05) is 37.3 Å². The van der Waals surface area contributed by atoms with Gasteiger partial charge in [-0.1, -0.05) is 31.1 Å². The zero-order valence-corrected chi connectivity index (χ0v) is 16.2. The largest absolute Gasteiger partial charge is 0.493 e. The molecule has 0 unspecified atom stereocenters. The van der Waals surface area contributed by atoms with Gasteiger partial charge in [-0.05, 0) is 48.7 Å². The maximum absolute atomic E-state index is 12.0. The lowest BCUT2D eigenvalue weighted by molar-refractivity contribution is -0.120. The molecule has 0 bridgehead atoms. The number of hydrogen-bond donors (Lipinski definition) is 1. The van der Waals surface area contributed by atoms with Crippen molar-refractivity contribution < 1.29 is 19.1 Å². The molecule has 0 atom stereocenters. The molecular weight excluding hydrogens is 344 g/mol. The highest BCUT2D eigenvalue weighted by atomic mass is 16.6. The summed E-state index contributed by atoms with van der Waals surface area (Å²) in [6.07, 6.45) is 1.52. The molecule has 0 saturated heterocycles. The van der Waals surface area contributed by atoms with Crippen LogP contribution < -0.4 is 14.8 Å². The van der Waals surface area contributed by atoms with Gasteiger partial charge < -0.3 is 19.6 Å². The summed E-state index contributed by atoms with van der Waals surface area (Å²) in [5.41, 5.74) is 2.69. The molecule has 1 amide bonds. The molecule has 0 aromatic heterocycles. The normalized spacial score (nSPS) is 10.9. The van der Waals surface area contributed by atoms with E-state index >= 15 is 0 Å². The predicted molar refractivity (Wildman–Crippen MR) is 107 cm³/mol.